The number of fused-ring (bicyclic) bond motifs is 1. The molecule has 0 radical (unpaired) electrons. The number of benzene rings is 1. The molecule has 1 aliphatic rings. The highest BCUT2D eigenvalue weighted by Crippen LogP contribution is 2.37. The fourth-order valence-corrected chi connectivity index (χ4v) is 3.33. The van der Waals surface area contributed by atoms with Crippen molar-refractivity contribution in [2.24, 2.45) is 0 Å². The zero-order valence-electron chi connectivity index (χ0n) is 10.2. The smallest absolute Gasteiger partial charge is 0.208 e. The number of rotatable bonds is 3. The number of aryl methyl sites for hydroxylation is 2. The largest absolute Gasteiger partial charge is 0.233 e. The molecule has 1 N–H and O–H groups in total. The van der Waals surface area contributed by atoms with Crippen LogP contribution in [0.5, 0.6) is 0 Å². The van der Waals surface area contributed by atoms with E-state index in [0.717, 1.165) is 29.4 Å². The maximum absolute atomic E-state index is 11.6. The minimum Gasteiger partial charge on any atom is -0.208 e. The third-order valence-electron chi connectivity index (χ3n) is 3.34. The summed E-state index contributed by atoms with van der Waals surface area (Å²) in [7, 11) is -3.40. The fourth-order valence-electron chi connectivity index (χ4n) is 2.40. The van der Waals surface area contributed by atoms with Crippen LogP contribution in [0.15, 0.2) is 30.2 Å². The van der Waals surface area contributed by atoms with Gasteiger partial charge in [-0.2, -0.15) is 0 Å². The van der Waals surface area contributed by atoms with E-state index in [1.165, 1.54) is 5.56 Å². The minimum atomic E-state index is -3.40. The van der Waals surface area contributed by atoms with Crippen LogP contribution in [-0.2, 0) is 22.0 Å². The summed E-state index contributed by atoms with van der Waals surface area (Å²) >= 11 is 0. The van der Waals surface area contributed by atoms with Crippen LogP contribution >= 0.6 is 0 Å². The monoisotopic (exact) mass is 251 g/mol. The lowest BCUT2D eigenvalue weighted by Crippen LogP contribution is -2.40. The van der Waals surface area contributed by atoms with Crippen molar-refractivity contribution in [1.29, 1.82) is 0 Å². The van der Waals surface area contributed by atoms with Gasteiger partial charge in [0.05, 0.1) is 5.54 Å². The maximum atomic E-state index is 11.6. The van der Waals surface area contributed by atoms with E-state index in [9.17, 15) is 8.42 Å². The Labute approximate surface area is 103 Å². The van der Waals surface area contributed by atoms with Crippen LogP contribution in [0.25, 0.3) is 0 Å². The van der Waals surface area contributed by atoms with Gasteiger partial charge in [-0.25, -0.2) is 13.1 Å². The van der Waals surface area contributed by atoms with Crippen LogP contribution < -0.4 is 4.72 Å². The fraction of sp³-hybridized carbons (Fsp3) is 0.385. The Morgan fingerprint density at radius 2 is 2.18 bits per heavy atom. The molecule has 0 aliphatic heterocycles. The molecular formula is C13H17NO2S. The average Bonchev–Trinajstić information content (AvgIpc) is 2.56. The Bertz CT molecular complexity index is 563. The molecular weight excluding hydrogens is 234 g/mol. The topological polar surface area (TPSA) is 46.2 Å². The third-order valence-corrected chi connectivity index (χ3v) is 4.51. The van der Waals surface area contributed by atoms with Crippen molar-refractivity contribution in [2.45, 2.75) is 32.2 Å². The van der Waals surface area contributed by atoms with E-state index < -0.39 is 15.6 Å². The van der Waals surface area contributed by atoms with E-state index in [4.69, 9.17) is 0 Å². The molecule has 92 valence electrons. The van der Waals surface area contributed by atoms with Crippen LogP contribution in [0.3, 0.4) is 0 Å². The first-order valence-corrected chi connectivity index (χ1v) is 7.17. The van der Waals surface area contributed by atoms with E-state index in [1.54, 1.807) is 0 Å². The first-order chi connectivity index (χ1) is 7.86. The summed E-state index contributed by atoms with van der Waals surface area (Å²) in [5, 5.41) is 0.964. The molecule has 4 heteroatoms. The first kappa shape index (κ1) is 12.3. The molecule has 2 rings (SSSR count). The highest BCUT2D eigenvalue weighted by Gasteiger charge is 2.36. The zero-order valence-corrected chi connectivity index (χ0v) is 11.0. The molecule has 0 amide bonds. The van der Waals surface area contributed by atoms with Gasteiger partial charge in [-0.15, -0.1) is 0 Å². The van der Waals surface area contributed by atoms with Gasteiger partial charge in [0.1, 0.15) is 0 Å². The molecule has 0 saturated carbocycles. The van der Waals surface area contributed by atoms with Gasteiger partial charge in [0.15, 0.2) is 0 Å². The van der Waals surface area contributed by atoms with Gasteiger partial charge < -0.3 is 0 Å². The Morgan fingerprint density at radius 1 is 1.47 bits per heavy atom. The molecule has 17 heavy (non-hydrogen) atoms. The van der Waals surface area contributed by atoms with Crippen LogP contribution in [0, 0.1) is 6.92 Å². The highest BCUT2D eigenvalue weighted by molar-refractivity contribution is 7.92. The molecule has 1 unspecified atom stereocenters. The number of nitrogens with one attached hydrogen (secondary N) is 1. The summed E-state index contributed by atoms with van der Waals surface area (Å²) in [6.45, 7) is 7.27. The molecule has 0 bridgehead atoms. The van der Waals surface area contributed by atoms with Crippen LogP contribution in [-0.4, -0.2) is 8.42 Å². The molecule has 3 nitrogen and oxygen atoms in total. The van der Waals surface area contributed by atoms with Crippen LogP contribution in [0.2, 0.25) is 0 Å². The maximum Gasteiger partial charge on any atom is 0.233 e. The normalized spacial score (nSPS) is 23.4. The van der Waals surface area contributed by atoms with Crippen molar-refractivity contribution in [2.75, 3.05) is 0 Å². The lowest BCUT2D eigenvalue weighted by Gasteiger charge is -2.26. The zero-order chi connectivity index (χ0) is 12.7. The summed E-state index contributed by atoms with van der Waals surface area (Å²) in [4.78, 5) is 0. The van der Waals surface area contributed by atoms with Crippen molar-refractivity contribution < 1.29 is 8.42 Å². The van der Waals surface area contributed by atoms with Crippen molar-refractivity contribution in [3.8, 4) is 0 Å². The van der Waals surface area contributed by atoms with Crippen molar-refractivity contribution in [3.05, 3.63) is 46.9 Å². The molecule has 0 saturated heterocycles. The molecule has 0 spiro atoms. The second-order valence-corrected chi connectivity index (χ2v) is 6.43. The Balaban J connectivity index is 2.44. The van der Waals surface area contributed by atoms with Gasteiger partial charge in [-0.05, 0) is 37.8 Å². The van der Waals surface area contributed by atoms with Gasteiger partial charge in [0, 0.05) is 5.41 Å². The number of hydrogen-bond acceptors (Lipinski definition) is 2. The van der Waals surface area contributed by atoms with Gasteiger partial charge in [-0.1, -0.05) is 30.3 Å². The first-order valence-electron chi connectivity index (χ1n) is 5.63. The number of sulfonamides is 1. The summed E-state index contributed by atoms with van der Waals surface area (Å²) in [6.07, 6.45) is 1.70. The number of hydrogen-bond donors (Lipinski definition) is 1. The van der Waals surface area contributed by atoms with E-state index in [0.29, 0.717) is 0 Å². The molecule has 1 aromatic carbocycles. The summed E-state index contributed by atoms with van der Waals surface area (Å²) in [5.41, 5.74) is 2.96. The standard InChI is InChI=1S/C13H17NO2S/c1-4-17(15,16)14-13(3)8-7-11-6-5-10(2)9-12(11)13/h4-6,9,14H,1,7-8H2,2-3H3. The quantitative estimate of drug-likeness (QED) is 0.895. The Hall–Kier alpha value is -1.13. The molecule has 0 aromatic heterocycles. The Kier molecular flexibility index (Phi) is 2.87. The van der Waals surface area contributed by atoms with E-state index in [1.807, 2.05) is 13.8 Å². The third kappa shape index (κ3) is 2.28. The predicted molar refractivity (Wildman–Crippen MR) is 69.1 cm³/mol. The summed E-state index contributed by atoms with van der Waals surface area (Å²) in [6, 6.07) is 6.21. The lowest BCUT2D eigenvalue weighted by molar-refractivity contribution is 0.432. The van der Waals surface area contributed by atoms with Crippen molar-refractivity contribution >= 4 is 10.0 Å². The molecule has 0 fully saturated rings. The summed E-state index contributed by atoms with van der Waals surface area (Å²) < 4.78 is 26.0. The van der Waals surface area contributed by atoms with Gasteiger partial charge in [-0.3, -0.25) is 0 Å². The van der Waals surface area contributed by atoms with Crippen LogP contribution in [0.4, 0.5) is 0 Å². The van der Waals surface area contributed by atoms with Crippen molar-refractivity contribution in [3.63, 3.8) is 0 Å². The van der Waals surface area contributed by atoms with E-state index in [-0.39, 0.29) is 0 Å². The second-order valence-electron chi connectivity index (χ2n) is 4.81. The van der Waals surface area contributed by atoms with Gasteiger partial charge >= 0.3 is 0 Å². The van der Waals surface area contributed by atoms with Gasteiger partial charge in [0.2, 0.25) is 10.0 Å². The van der Waals surface area contributed by atoms with E-state index in [2.05, 4.69) is 29.5 Å². The second kappa shape index (κ2) is 3.96. The SMILES string of the molecule is C=CS(=O)(=O)NC1(C)CCc2ccc(C)cc21. The van der Waals surface area contributed by atoms with Crippen LogP contribution in [0.1, 0.15) is 30.0 Å². The molecule has 1 atom stereocenters. The summed E-state index contributed by atoms with van der Waals surface area (Å²) in [5.74, 6) is 0. The lowest BCUT2D eigenvalue weighted by atomic mass is 9.94. The van der Waals surface area contributed by atoms with E-state index >= 15 is 0 Å². The molecule has 1 aromatic rings. The average molecular weight is 251 g/mol. The minimum absolute atomic E-state index is 0.506. The molecule has 1 aliphatic carbocycles. The Morgan fingerprint density at radius 3 is 2.82 bits per heavy atom. The predicted octanol–water partition coefficient (Wildman–Crippen LogP) is 2.22. The highest BCUT2D eigenvalue weighted by atomic mass is 32.2. The van der Waals surface area contributed by atoms with Crippen molar-refractivity contribution in [1.82, 2.24) is 4.72 Å². The molecule has 0 heterocycles. The van der Waals surface area contributed by atoms with Gasteiger partial charge in [0.25, 0.3) is 0 Å².